The first kappa shape index (κ1) is 17.9. The minimum absolute atomic E-state index is 0.0983. The summed E-state index contributed by atoms with van der Waals surface area (Å²) in [5.74, 6) is 3.61. The predicted octanol–water partition coefficient (Wildman–Crippen LogP) is 2.79. The Kier molecular flexibility index (Phi) is 4.77. The molecule has 0 radical (unpaired) electrons. The molecule has 0 aliphatic carbocycles. The fourth-order valence-electron chi connectivity index (χ4n) is 4.01. The van der Waals surface area contributed by atoms with E-state index >= 15 is 0 Å². The van der Waals surface area contributed by atoms with Gasteiger partial charge in [-0.05, 0) is 31.0 Å². The lowest BCUT2D eigenvalue weighted by molar-refractivity contribution is 0.0673. The highest BCUT2D eigenvalue weighted by molar-refractivity contribution is 5.91. The molecule has 0 unspecified atom stereocenters. The fourth-order valence-corrected chi connectivity index (χ4v) is 4.01. The Morgan fingerprint density at radius 3 is 2.72 bits per heavy atom. The van der Waals surface area contributed by atoms with Crippen molar-refractivity contribution in [3.63, 3.8) is 0 Å². The number of amides is 1. The van der Waals surface area contributed by atoms with E-state index in [1.165, 1.54) is 0 Å². The van der Waals surface area contributed by atoms with Crippen LogP contribution in [0.5, 0.6) is 11.7 Å². The quantitative estimate of drug-likeness (QED) is 0.734. The largest absolute Gasteiger partial charge is 0.426 e. The van der Waals surface area contributed by atoms with Gasteiger partial charge in [-0.1, -0.05) is 18.2 Å². The van der Waals surface area contributed by atoms with E-state index in [2.05, 4.69) is 20.1 Å². The molecule has 29 heavy (non-hydrogen) atoms. The third kappa shape index (κ3) is 3.63. The van der Waals surface area contributed by atoms with Crippen molar-refractivity contribution in [2.75, 3.05) is 19.6 Å². The molecule has 1 saturated heterocycles. The lowest BCUT2D eigenvalue weighted by Crippen LogP contribution is -2.38. The van der Waals surface area contributed by atoms with E-state index in [0.717, 1.165) is 44.1 Å². The molecule has 150 valence electrons. The average Bonchev–Trinajstić information content (AvgIpc) is 3.41. The first-order chi connectivity index (χ1) is 14.3. The highest BCUT2D eigenvalue weighted by Crippen LogP contribution is 2.30. The number of hydrogen-bond acceptors (Lipinski definition) is 6. The van der Waals surface area contributed by atoms with Crippen molar-refractivity contribution in [3.05, 3.63) is 59.9 Å². The third-order valence-corrected chi connectivity index (χ3v) is 5.55. The molecule has 8 nitrogen and oxygen atoms in total. The zero-order valence-corrected chi connectivity index (χ0v) is 16.1. The number of furan rings is 1. The van der Waals surface area contributed by atoms with Gasteiger partial charge in [-0.3, -0.25) is 4.79 Å². The van der Waals surface area contributed by atoms with Gasteiger partial charge in [0.05, 0.1) is 6.54 Å². The number of fused-ring (bicyclic) bond motifs is 1. The number of carbonyl (C=O) groups excluding carboxylic acids is 1. The van der Waals surface area contributed by atoms with Gasteiger partial charge in [-0.2, -0.15) is 0 Å². The number of nitrogens with zero attached hydrogens (tertiary/aromatic N) is 4. The van der Waals surface area contributed by atoms with Crippen LogP contribution in [0, 0.1) is 0 Å². The van der Waals surface area contributed by atoms with Gasteiger partial charge in [-0.15, -0.1) is 10.2 Å². The van der Waals surface area contributed by atoms with Gasteiger partial charge >= 0.3 is 0 Å². The second kappa shape index (κ2) is 7.71. The van der Waals surface area contributed by atoms with Crippen molar-refractivity contribution in [1.29, 1.82) is 0 Å². The highest BCUT2D eigenvalue weighted by Gasteiger charge is 2.30. The number of para-hydroxylation sites is 1. The van der Waals surface area contributed by atoms with Crippen LogP contribution < -0.4 is 10.1 Å². The number of likely N-dealkylation sites (tertiary alicyclic amines) is 1. The summed E-state index contributed by atoms with van der Waals surface area (Å²) < 4.78 is 13.5. The first-order valence-corrected chi connectivity index (χ1v) is 10.0. The summed E-state index contributed by atoms with van der Waals surface area (Å²) >= 11 is 0. The van der Waals surface area contributed by atoms with Crippen LogP contribution in [-0.4, -0.2) is 45.2 Å². The normalized spacial score (nSPS) is 17.2. The molecule has 1 fully saturated rings. The Hall–Kier alpha value is -3.13. The molecule has 2 aromatic heterocycles. The Morgan fingerprint density at radius 2 is 1.90 bits per heavy atom. The molecule has 0 bridgehead atoms. The van der Waals surface area contributed by atoms with Gasteiger partial charge in [0, 0.05) is 38.2 Å². The fraction of sp³-hybridized carbons (Fsp3) is 0.381. The van der Waals surface area contributed by atoms with Crippen molar-refractivity contribution in [1.82, 2.24) is 25.0 Å². The Morgan fingerprint density at radius 1 is 1.07 bits per heavy atom. The lowest BCUT2D eigenvalue weighted by Gasteiger charge is -2.31. The first-order valence-electron chi connectivity index (χ1n) is 10.0. The zero-order chi connectivity index (χ0) is 19.6. The molecule has 0 atom stereocenters. The smallest absolute Gasteiger partial charge is 0.290 e. The second-order valence-corrected chi connectivity index (χ2v) is 7.40. The molecule has 2 aliphatic rings. The number of rotatable bonds is 4. The van der Waals surface area contributed by atoms with Gasteiger partial charge in [0.2, 0.25) is 0 Å². The molecule has 5 rings (SSSR count). The van der Waals surface area contributed by atoms with Crippen LogP contribution in [0.15, 0.2) is 46.9 Å². The second-order valence-electron chi connectivity index (χ2n) is 7.40. The van der Waals surface area contributed by atoms with Crippen molar-refractivity contribution in [3.8, 4) is 11.7 Å². The lowest BCUT2D eigenvalue weighted by atomic mass is 9.95. The van der Waals surface area contributed by atoms with Crippen LogP contribution >= 0.6 is 0 Å². The SMILES string of the molecule is O=C(c1ccc(Oc2ccccc2)o1)N1CCC(c2nnc3n2CCNC3)CC1. The van der Waals surface area contributed by atoms with Crippen LogP contribution in [0.3, 0.4) is 0 Å². The minimum atomic E-state index is -0.0983. The summed E-state index contributed by atoms with van der Waals surface area (Å²) in [6.07, 6.45) is 1.76. The van der Waals surface area contributed by atoms with Gasteiger partial charge in [0.25, 0.3) is 11.9 Å². The number of aromatic nitrogens is 3. The topological polar surface area (TPSA) is 85.4 Å². The van der Waals surface area contributed by atoms with Crippen LogP contribution in [0.25, 0.3) is 0 Å². The maximum absolute atomic E-state index is 12.8. The maximum atomic E-state index is 12.8. The molecule has 8 heteroatoms. The summed E-state index contributed by atoms with van der Waals surface area (Å²) in [7, 11) is 0. The van der Waals surface area contributed by atoms with E-state index in [9.17, 15) is 4.79 Å². The van der Waals surface area contributed by atoms with Gasteiger partial charge in [0.1, 0.15) is 17.4 Å². The van der Waals surface area contributed by atoms with Crippen molar-refractivity contribution in [2.45, 2.75) is 31.8 Å². The minimum Gasteiger partial charge on any atom is -0.426 e. The molecule has 0 spiro atoms. The summed E-state index contributed by atoms with van der Waals surface area (Å²) in [5, 5.41) is 12.1. The highest BCUT2D eigenvalue weighted by atomic mass is 16.6. The van der Waals surface area contributed by atoms with E-state index in [1.54, 1.807) is 12.1 Å². The van der Waals surface area contributed by atoms with Crippen molar-refractivity contribution >= 4 is 5.91 Å². The molecule has 2 aliphatic heterocycles. The number of benzene rings is 1. The van der Waals surface area contributed by atoms with E-state index in [0.29, 0.717) is 36.5 Å². The standard InChI is InChI=1S/C21H23N5O3/c27-21(17-6-7-19(29-17)28-16-4-2-1-3-5-16)25-11-8-15(9-12-25)20-24-23-18-14-22-10-13-26(18)20/h1-7,15,22H,8-14H2. The molecular weight excluding hydrogens is 370 g/mol. The molecule has 4 heterocycles. The monoisotopic (exact) mass is 393 g/mol. The molecule has 1 aromatic carbocycles. The summed E-state index contributed by atoms with van der Waals surface area (Å²) in [5.41, 5.74) is 0. The van der Waals surface area contributed by atoms with Gasteiger partial charge < -0.3 is 23.9 Å². The van der Waals surface area contributed by atoms with E-state index in [4.69, 9.17) is 9.15 Å². The Labute approximate surface area is 168 Å². The van der Waals surface area contributed by atoms with Crippen LogP contribution in [0.4, 0.5) is 0 Å². The van der Waals surface area contributed by atoms with Gasteiger partial charge in [-0.25, -0.2) is 0 Å². The molecule has 1 N–H and O–H groups in total. The summed E-state index contributed by atoms with van der Waals surface area (Å²) in [6.45, 7) is 3.99. The molecule has 3 aromatic rings. The molecular formula is C21H23N5O3. The van der Waals surface area contributed by atoms with E-state index < -0.39 is 0 Å². The molecule has 0 saturated carbocycles. The number of hydrogen-bond donors (Lipinski definition) is 1. The van der Waals surface area contributed by atoms with Crippen LogP contribution in [-0.2, 0) is 13.1 Å². The van der Waals surface area contributed by atoms with E-state index in [1.807, 2.05) is 35.2 Å². The summed E-state index contributed by atoms with van der Waals surface area (Å²) in [4.78, 5) is 14.7. The van der Waals surface area contributed by atoms with Crippen LogP contribution in [0.1, 0.15) is 41.0 Å². The third-order valence-electron chi connectivity index (χ3n) is 5.55. The predicted molar refractivity (Wildman–Crippen MR) is 105 cm³/mol. The van der Waals surface area contributed by atoms with Gasteiger partial charge in [0.15, 0.2) is 5.76 Å². The molecule has 1 amide bonds. The van der Waals surface area contributed by atoms with E-state index in [-0.39, 0.29) is 5.91 Å². The van der Waals surface area contributed by atoms with Crippen LogP contribution in [0.2, 0.25) is 0 Å². The maximum Gasteiger partial charge on any atom is 0.290 e. The average molecular weight is 393 g/mol. The summed E-state index contributed by atoms with van der Waals surface area (Å²) in [6, 6.07) is 12.7. The zero-order valence-electron chi connectivity index (χ0n) is 16.1. The Bertz CT molecular complexity index is 989. The van der Waals surface area contributed by atoms with Crippen molar-refractivity contribution in [2.24, 2.45) is 0 Å². The number of piperidine rings is 1. The number of ether oxygens (including phenoxy) is 1. The Balaban J connectivity index is 1.21. The number of carbonyl (C=O) groups is 1. The van der Waals surface area contributed by atoms with Crippen molar-refractivity contribution < 1.29 is 13.9 Å². The number of nitrogens with one attached hydrogen (secondary N) is 1.